The van der Waals surface area contributed by atoms with E-state index in [2.05, 4.69) is 36.6 Å². The van der Waals surface area contributed by atoms with Gasteiger partial charge in [0.05, 0.1) is 6.10 Å². The van der Waals surface area contributed by atoms with E-state index in [4.69, 9.17) is 4.74 Å². The third kappa shape index (κ3) is 2.19. The summed E-state index contributed by atoms with van der Waals surface area (Å²) in [6, 6.07) is 9.35. The van der Waals surface area contributed by atoms with E-state index in [0.717, 1.165) is 11.8 Å². The predicted molar refractivity (Wildman–Crippen MR) is 73.9 cm³/mol. The molecule has 0 heterocycles. The zero-order valence-corrected chi connectivity index (χ0v) is 11.4. The van der Waals surface area contributed by atoms with E-state index >= 15 is 0 Å². The van der Waals surface area contributed by atoms with Gasteiger partial charge in [0, 0.05) is 13.2 Å². The van der Waals surface area contributed by atoms with Crippen molar-refractivity contribution in [2.45, 2.75) is 43.7 Å². The molecule has 1 aromatic rings. The first-order valence-corrected chi connectivity index (χ1v) is 7.11. The molecule has 0 amide bonds. The van der Waals surface area contributed by atoms with Crippen LogP contribution in [0.5, 0.6) is 0 Å². The van der Waals surface area contributed by atoms with Crippen molar-refractivity contribution < 1.29 is 4.74 Å². The average Bonchev–Trinajstić information content (AvgIpc) is 3.19. The van der Waals surface area contributed by atoms with Crippen LogP contribution in [0.15, 0.2) is 24.3 Å². The lowest BCUT2D eigenvalue weighted by molar-refractivity contribution is 0.0477. The summed E-state index contributed by atoms with van der Waals surface area (Å²) >= 11 is 0. The van der Waals surface area contributed by atoms with Crippen LogP contribution in [0.2, 0.25) is 0 Å². The fourth-order valence-corrected chi connectivity index (χ4v) is 3.41. The Labute approximate surface area is 110 Å². The predicted octanol–water partition coefficient (Wildman–Crippen LogP) is 2.73. The molecule has 3 unspecified atom stereocenters. The van der Waals surface area contributed by atoms with Gasteiger partial charge in [-0.15, -0.1) is 0 Å². The van der Waals surface area contributed by atoms with Crippen LogP contribution in [-0.4, -0.2) is 26.3 Å². The minimum Gasteiger partial charge on any atom is -0.380 e. The molecule has 1 aromatic carbocycles. The molecule has 0 saturated heterocycles. The Morgan fingerprint density at radius 3 is 2.72 bits per heavy atom. The van der Waals surface area contributed by atoms with Gasteiger partial charge in [-0.1, -0.05) is 24.3 Å². The highest BCUT2D eigenvalue weighted by Gasteiger charge is 2.38. The second-order valence-electron chi connectivity index (χ2n) is 5.77. The highest BCUT2D eigenvalue weighted by atomic mass is 16.5. The van der Waals surface area contributed by atoms with E-state index in [1.165, 1.54) is 31.2 Å². The number of hydrogen-bond acceptors (Lipinski definition) is 2. The molecule has 2 aliphatic rings. The van der Waals surface area contributed by atoms with Crippen LogP contribution in [0.1, 0.15) is 36.3 Å². The molecule has 0 bridgehead atoms. The summed E-state index contributed by atoms with van der Waals surface area (Å²) in [6.45, 7) is 0. The largest absolute Gasteiger partial charge is 0.380 e. The maximum absolute atomic E-state index is 5.72. The number of rotatable bonds is 6. The first-order valence-electron chi connectivity index (χ1n) is 7.11. The molecule has 1 fully saturated rings. The lowest BCUT2D eigenvalue weighted by atomic mass is 9.73. The number of ether oxygens (including phenoxy) is 1. The summed E-state index contributed by atoms with van der Waals surface area (Å²) in [6.07, 6.45) is 5.55. The Hall–Kier alpha value is -0.860. The van der Waals surface area contributed by atoms with Crippen molar-refractivity contribution in [2.75, 3.05) is 14.2 Å². The first-order chi connectivity index (χ1) is 8.83. The molecule has 2 heteroatoms. The van der Waals surface area contributed by atoms with Crippen LogP contribution in [0.25, 0.3) is 0 Å². The Bertz CT molecular complexity index is 413. The van der Waals surface area contributed by atoms with Crippen molar-refractivity contribution in [1.82, 2.24) is 5.32 Å². The third-order valence-electron chi connectivity index (χ3n) is 4.63. The molecular formula is C16H23NO. The van der Waals surface area contributed by atoms with E-state index in [1.807, 2.05) is 7.11 Å². The quantitative estimate of drug-likeness (QED) is 0.832. The van der Waals surface area contributed by atoms with Crippen LogP contribution in [0.4, 0.5) is 0 Å². The van der Waals surface area contributed by atoms with Gasteiger partial charge in [0.25, 0.3) is 0 Å². The number of fused-ring (bicyclic) bond motifs is 1. The summed E-state index contributed by atoms with van der Waals surface area (Å²) < 4.78 is 5.72. The van der Waals surface area contributed by atoms with E-state index in [9.17, 15) is 0 Å². The molecule has 1 N–H and O–H groups in total. The van der Waals surface area contributed by atoms with Gasteiger partial charge in [-0.2, -0.15) is 0 Å². The fourth-order valence-electron chi connectivity index (χ4n) is 3.41. The van der Waals surface area contributed by atoms with Crippen molar-refractivity contribution in [3.05, 3.63) is 35.4 Å². The second-order valence-corrected chi connectivity index (χ2v) is 5.77. The van der Waals surface area contributed by atoms with Gasteiger partial charge in [0.2, 0.25) is 0 Å². The Balaban J connectivity index is 1.65. The monoisotopic (exact) mass is 245 g/mol. The molecule has 0 aliphatic heterocycles. The Morgan fingerprint density at radius 2 is 2.11 bits per heavy atom. The van der Waals surface area contributed by atoms with Crippen LogP contribution in [-0.2, 0) is 11.2 Å². The molecule has 2 nitrogen and oxygen atoms in total. The Morgan fingerprint density at radius 1 is 1.33 bits per heavy atom. The molecular weight excluding hydrogens is 222 g/mol. The summed E-state index contributed by atoms with van der Waals surface area (Å²) in [5.74, 6) is 1.53. The number of methoxy groups -OCH3 is 1. The van der Waals surface area contributed by atoms with E-state index in [0.29, 0.717) is 12.1 Å². The van der Waals surface area contributed by atoms with Crippen LogP contribution < -0.4 is 5.32 Å². The maximum atomic E-state index is 5.72. The highest BCUT2D eigenvalue weighted by Crippen LogP contribution is 2.41. The average molecular weight is 245 g/mol. The molecule has 3 rings (SSSR count). The number of nitrogens with one attached hydrogen (secondary N) is 1. The van der Waals surface area contributed by atoms with Gasteiger partial charge in [0.1, 0.15) is 0 Å². The molecule has 0 radical (unpaired) electrons. The number of likely N-dealkylation sites (N-methyl/N-ethyl adjacent to an activating group) is 1. The van der Waals surface area contributed by atoms with Crippen molar-refractivity contribution >= 4 is 0 Å². The maximum Gasteiger partial charge on any atom is 0.0752 e. The SMILES string of the molecule is CNC(CC1Cc2ccccc21)C(OC)C1CC1. The van der Waals surface area contributed by atoms with Crippen LogP contribution >= 0.6 is 0 Å². The Kier molecular flexibility index (Phi) is 3.40. The lowest BCUT2D eigenvalue weighted by Crippen LogP contribution is -2.42. The minimum atomic E-state index is 0.405. The molecule has 1 saturated carbocycles. The van der Waals surface area contributed by atoms with Crippen LogP contribution in [0.3, 0.4) is 0 Å². The smallest absolute Gasteiger partial charge is 0.0752 e. The van der Waals surface area contributed by atoms with E-state index in [1.54, 1.807) is 5.56 Å². The molecule has 2 aliphatic carbocycles. The van der Waals surface area contributed by atoms with Gasteiger partial charge < -0.3 is 10.1 Å². The summed E-state index contributed by atoms with van der Waals surface area (Å²) in [4.78, 5) is 0. The summed E-state index contributed by atoms with van der Waals surface area (Å²) in [5.41, 5.74) is 3.10. The topological polar surface area (TPSA) is 21.3 Å². The van der Waals surface area contributed by atoms with Crippen molar-refractivity contribution in [1.29, 1.82) is 0 Å². The lowest BCUT2D eigenvalue weighted by Gasteiger charge is -2.35. The van der Waals surface area contributed by atoms with Gasteiger partial charge in [-0.25, -0.2) is 0 Å². The van der Waals surface area contributed by atoms with Gasteiger partial charge >= 0.3 is 0 Å². The molecule has 98 valence electrons. The highest BCUT2D eigenvalue weighted by molar-refractivity contribution is 5.40. The molecule has 0 spiro atoms. The molecule has 3 atom stereocenters. The summed E-state index contributed by atoms with van der Waals surface area (Å²) in [7, 11) is 3.94. The second kappa shape index (κ2) is 5.02. The first kappa shape index (κ1) is 12.2. The zero-order valence-electron chi connectivity index (χ0n) is 11.4. The van der Waals surface area contributed by atoms with E-state index in [-0.39, 0.29) is 0 Å². The normalized spacial score (nSPS) is 25.1. The van der Waals surface area contributed by atoms with Crippen molar-refractivity contribution in [2.24, 2.45) is 5.92 Å². The number of benzene rings is 1. The molecule has 18 heavy (non-hydrogen) atoms. The van der Waals surface area contributed by atoms with Gasteiger partial charge in [0.15, 0.2) is 0 Å². The van der Waals surface area contributed by atoms with Gasteiger partial charge in [-0.05, 0) is 55.7 Å². The molecule has 0 aromatic heterocycles. The number of hydrogen-bond donors (Lipinski definition) is 1. The summed E-state index contributed by atoms with van der Waals surface area (Å²) in [5, 5.41) is 3.48. The zero-order chi connectivity index (χ0) is 12.5. The minimum absolute atomic E-state index is 0.405. The van der Waals surface area contributed by atoms with Gasteiger partial charge in [-0.3, -0.25) is 0 Å². The van der Waals surface area contributed by atoms with E-state index < -0.39 is 0 Å². The fraction of sp³-hybridized carbons (Fsp3) is 0.625. The van der Waals surface area contributed by atoms with Crippen molar-refractivity contribution in [3.63, 3.8) is 0 Å². The van der Waals surface area contributed by atoms with Crippen molar-refractivity contribution in [3.8, 4) is 0 Å². The van der Waals surface area contributed by atoms with Crippen LogP contribution in [0, 0.1) is 5.92 Å². The third-order valence-corrected chi connectivity index (χ3v) is 4.63. The standard InChI is InChI=1S/C16H23NO/c1-17-15(16(18-2)11-7-8-11)10-13-9-12-5-3-4-6-14(12)13/h3-6,11,13,15-17H,7-10H2,1-2H3.